The number of hydrogen-bond acceptors (Lipinski definition) is 2. The van der Waals surface area contributed by atoms with Crippen LogP contribution in [-0.2, 0) is 4.74 Å². The molecule has 0 amide bonds. The summed E-state index contributed by atoms with van der Waals surface area (Å²) < 4.78 is 7.09. The van der Waals surface area contributed by atoms with Crippen LogP contribution in [0.3, 0.4) is 0 Å². The SMILES string of the molecule is CC1=C(Br)C[C@@]23[C@H](C1)O[C@@](Br)(C=C[C@@]2(C)O)C3(C)C. The van der Waals surface area contributed by atoms with E-state index in [4.69, 9.17) is 4.74 Å². The van der Waals surface area contributed by atoms with E-state index >= 15 is 0 Å². The molecule has 0 aromatic rings. The third-order valence-electron chi connectivity index (χ3n) is 5.75. The molecule has 2 aliphatic carbocycles. The molecule has 1 fully saturated rings. The van der Waals surface area contributed by atoms with Gasteiger partial charge in [-0.2, -0.15) is 0 Å². The first-order valence-electron chi connectivity index (χ1n) is 6.71. The second-order valence-electron chi connectivity index (χ2n) is 6.89. The van der Waals surface area contributed by atoms with E-state index in [2.05, 4.69) is 52.6 Å². The molecule has 1 saturated heterocycles. The Morgan fingerprint density at radius 3 is 2.58 bits per heavy atom. The van der Waals surface area contributed by atoms with E-state index in [0.29, 0.717) is 0 Å². The van der Waals surface area contributed by atoms with Crippen molar-refractivity contribution in [3.05, 3.63) is 22.2 Å². The molecule has 4 heteroatoms. The monoisotopic (exact) mass is 390 g/mol. The van der Waals surface area contributed by atoms with Crippen molar-refractivity contribution in [2.24, 2.45) is 10.8 Å². The van der Waals surface area contributed by atoms with Crippen LogP contribution in [0.4, 0.5) is 0 Å². The lowest BCUT2D eigenvalue weighted by molar-refractivity contribution is -0.114. The van der Waals surface area contributed by atoms with E-state index in [-0.39, 0.29) is 16.9 Å². The van der Waals surface area contributed by atoms with Crippen LogP contribution in [0.2, 0.25) is 0 Å². The Kier molecular flexibility index (Phi) is 2.83. The van der Waals surface area contributed by atoms with Gasteiger partial charge in [0.25, 0.3) is 0 Å². The summed E-state index contributed by atoms with van der Waals surface area (Å²) in [6.45, 7) is 8.44. The summed E-state index contributed by atoms with van der Waals surface area (Å²) in [6, 6.07) is 0. The molecule has 3 rings (SSSR count). The Morgan fingerprint density at radius 2 is 1.95 bits per heavy atom. The number of hydrogen-bond donors (Lipinski definition) is 1. The van der Waals surface area contributed by atoms with Gasteiger partial charge in [-0.15, -0.1) is 0 Å². The highest BCUT2D eigenvalue weighted by atomic mass is 79.9. The van der Waals surface area contributed by atoms with Gasteiger partial charge >= 0.3 is 0 Å². The first-order chi connectivity index (χ1) is 8.57. The molecule has 0 radical (unpaired) electrons. The molecule has 2 nitrogen and oxygen atoms in total. The fourth-order valence-electron chi connectivity index (χ4n) is 4.30. The van der Waals surface area contributed by atoms with Gasteiger partial charge in [-0.25, -0.2) is 0 Å². The van der Waals surface area contributed by atoms with E-state index in [9.17, 15) is 5.11 Å². The zero-order valence-corrected chi connectivity index (χ0v) is 14.9. The summed E-state index contributed by atoms with van der Waals surface area (Å²) in [5.41, 5.74) is -0.0423. The van der Waals surface area contributed by atoms with Gasteiger partial charge in [0.05, 0.1) is 11.7 Å². The average molecular weight is 392 g/mol. The summed E-state index contributed by atoms with van der Waals surface area (Å²) in [7, 11) is 0. The number of alkyl halides is 1. The van der Waals surface area contributed by atoms with Crippen molar-refractivity contribution >= 4 is 31.9 Å². The lowest BCUT2D eigenvalue weighted by Crippen LogP contribution is -2.61. The van der Waals surface area contributed by atoms with Crippen molar-refractivity contribution in [2.75, 3.05) is 0 Å². The second-order valence-corrected chi connectivity index (χ2v) is 9.03. The molecular formula is C15H20Br2O2. The Balaban J connectivity index is 2.26. The number of fused-ring (bicyclic) bond motifs is 1. The number of halogens is 2. The van der Waals surface area contributed by atoms with Crippen LogP contribution in [0.5, 0.6) is 0 Å². The van der Waals surface area contributed by atoms with Crippen molar-refractivity contribution in [1.82, 2.24) is 0 Å². The summed E-state index contributed by atoms with van der Waals surface area (Å²) in [5.74, 6) is 0. The van der Waals surface area contributed by atoms with Crippen molar-refractivity contribution < 1.29 is 9.84 Å². The first kappa shape index (κ1) is 14.3. The minimum absolute atomic E-state index is 0.0353. The topological polar surface area (TPSA) is 29.5 Å². The van der Waals surface area contributed by atoms with Gasteiger partial charge in [-0.3, -0.25) is 0 Å². The van der Waals surface area contributed by atoms with Crippen LogP contribution in [0, 0.1) is 10.8 Å². The number of allylic oxidation sites excluding steroid dienone is 1. The molecule has 4 atom stereocenters. The standard InChI is InChI=1S/C15H20Br2O2/c1-9-7-11-14(8-10(9)16)12(2,3)15(17,19-11)6-5-13(14,4)18/h5-6,11,18H,7-8H2,1-4H3/t11-,13+,14-,15-/m0/s1. The van der Waals surface area contributed by atoms with Gasteiger partial charge < -0.3 is 9.84 Å². The summed E-state index contributed by atoms with van der Waals surface area (Å²) in [4.78, 5) is 0. The predicted molar refractivity (Wildman–Crippen MR) is 83.4 cm³/mol. The van der Waals surface area contributed by atoms with Gasteiger partial charge in [-0.05, 0) is 53.2 Å². The maximum atomic E-state index is 11.1. The summed E-state index contributed by atoms with van der Waals surface area (Å²) in [5, 5.41) is 11.1. The lowest BCUT2D eigenvalue weighted by Gasteiger charge is -2.56. The quantitative estimate of drug-likeness (QED) is 0.493. The smallest absolute Gasteiger partial charge is 0.147 e. The molecule has 1 aliphatic heterocycles. The van der Waals surface area contributed by atoms with Gasteiger partial charge in [0.2, 0.25) is 0 Å². The van der Waals surface area contributed by atoms with Gasteiger partial charge in [0.1, 0.15) is 4.51 Å². The first-order valence-corrected chi connectivity index (χ1v) is 8.30. The zero-order chi connectivity index (χ0) is 14.3. The number of rotatable bonds is 0. The summed E-state index contributed by atoms with van der Waals surface area (Å²) in [6.07, 6.45) is 5.62. The molecule has 3 aliphatic rings. The summed E-state index contributed by atoms with van der Waals surface area (Å²) >= 11 is 7.49. The molecule has 2 bridgehead atoms. The van der Waals surface area contributed by atoms with Crippen molar-refractivity contribution in [2.45, 2.75) is 56.8 Å². The van der Waals surface area contributed by atoms with Crippen molar-refractivity contribution in [3.8, 4) is 0 Å². The van der Waals surface area contributed by atoms with E-state index in [1.165, 1.54) is 10.1 Å². The Hall–Kier alpha value is 0.360. The lowest BCUT2D eigenvalue weighted by atomic mass is 9.49. The van der Waals surface area contributed by atoms with Crippen LogP contribution >= 0.6 is 31.9 Å². The van der Waals surface area contributed by atoms with Crippen LogP contribution < -0.4 is 0 Å². The van der Waals surface area contributed by atoms with Gasteiger partial charge in [0, 0.05) is 10.8 Å². The molecule has 0 unspecified atom stereocenters. The molecule has 0 aromatic carbocycles. The van der Waals surface area contributed by atoms with E-state index in [1.54, 1.807) is 0 Å². The van der Waals surface area contributed by atoms with Crippen LogP contribution in [-0.4, -0.2) is 21.3 Å². The normalized spacial score (nSPS) is 51.4. The molecule has 1 spiro atoms. The van der Waals surface area contributed by atoms with Gasteiger partial charge in [-0.1, -0.05) is 41.4 Å². The molecule has 19 heavy (non-hydrogen) atoms. The maximum absolute atomic E-state index is 11.1. The molecule has 1 N–H and O–H groups in total. The van der Waals surface area contributed by atoms with Crippen LogP contribution in [0.15, 0.2) is 22.2 Å². The molecule has 0 aromatic heterocycles. The fourth-order valence-corrected chi connectivity index (χ4v) is 5.62. The van der Waals surface area contributed by atoms with Crippen molar-refractivity contribution in [3.63, 3.8) is 0 Å². The Bertz CT molecular complexity index is 506. The van der Waals surface area contributed by atoms with E-state index in [1.807, 2.05) is 19.1 Å². The van der Waals surface area contributed by atoms with Crippen molar-refractivity contribution in [1.29, 1.82) is 0 Å². The highest BCUT2D eigenvalue weighted by Gasteiger charge is 2.74. The highest BCUT2D eigenvalue weighted by molar-refractivity contribution is 9.11. The third-order valence-corrected chi connectivity index (χ3v) is 8.14. The predicted octanol–water partition coefficient (Wildman–Crippen LogP) is 4.27. The number of ether oxygens (including phenoxy) is 1. The van der Waals surface area contributed by atoms with E-state index in [0.717, 1.165) is 12.8 Å². The maximum Gasteiger partial charge on any atom is 0.147 e. The van der Waals surface area contributed by atoms with E-state index < -0.39 is 10.1 Å². The van der Waals surface area contributed by atoms with Crippen LogP contribution in [0.25, 0.3) is 0 Å². The molecular weight excluding hydrogens is 372 g/mol. The van der Waals surface area contributed by atoms with Crippen LogP contribution in [0.1, 0.15) is 40.5 Å². The Labute approximate surface area is 131 Å². The zero-order valence-electron chi connectivity index (χ0n) is 11.8. The second kappa shape index (κ2) is 3.76. The average Bonchev–Trinajstić information content (AvgIpc) is 2.38. The highest BCUT2D eigenvalue weighted by Crippen LogP contribution is 2.72. The largest absolute Gasteiger partial charge is 0.385 e. The minimum Gasteiger partial charge on any atom is -0.385 e. The third kappa shape index (κ3) is 1.44. The molecule has 0 saturated carbocycles. The minimum atomic E-state index is -0.866. The molecule has 1 heterocycles. The Morgan fingerprint density at radius 1 is 1.32 bits per heavy atom. The fraction of sp³-hybridized carbons (Fsp3) is 0.733. The van der Waals surface area contributed by atoms with Gasteiger partial charge in [0.15, 0.2) is 0 Å². The number of aliphatic hydroxyl groups is 1. The molecule has 106 valence electrons.